The number of hydrogen-bond acceptors (Lipinski definition) is 4. The summed E-state index contributed by atoms with van der Waals surface area (Å²) < 4.78 is 0. The van der Waals surface area contributed by atoms with Gasteiger partial charge in [0.05, 0.1) is 9.95 Å². The molecule has 2 rings (SSSR count). The third-order valence-corrected chi connectivity index (χ3v) is 3.70. The van der Waals surface area contributed by atoms with Crippen molar-refractivity contribution in [2.45, 2.75) is 19.4 Å². The third kappa shape index (κ3) is 2.82. The molecule has 0 aromatic heterocycles. The van der Waals surface area contributed by atoms with E-state index in [9.17, 15) is 19.7 Å². The molecule has 7 nitrogen and oxygen atoms in total. The molecular formula is C13H14ClN3O4. The Morgan fingerprint density at radius 3 is 2.90 bits per heavy atom. The van der Waals surface area contributed by atoms with Gasteiger partial charge < -0.3 is 10.2 Å². The highest BCUT2D eigenvalue weighted by Gasteiger charge is 2.35. The monoisotopic (exact) mass is 311 g/mol. The Morgan fingerprint density at radius 1 is 1.57 bits per heavy atom. The highest BCUT2D eigenvalue weighted by Crippen LogP contribution is 2.28. The second-order valence-corrected chi connectivity index (χ2v) is 5.01. The van der Waals surface area contributed by atoms with Crippen molar-refractivity contribution in [2.75, 3.05) is 13.1 Å². The first-order valence-corrected chi connectivity index (χ1v) is 6.86. The van der Waals surface area contributed by atoms with E-state index in [1.807, 2.05) is 0 Å². The normalized spacial score (nSPS) is 18.3. The van der Waals surface area contributed by atoms with Crippen molar-refractivity contribution in [3.8, 4) is 0 Å². The number of carbonyl (C=O) groups is 2. The first-order chi connectivity index (χ1) is 9.97. The molecule has 0 saturated carbocycles. The van der Waals surface area contributed by atoms with Crippen molar-refractivity contribution < 1.29 is 14.5 Å². The van der Waals surface area contributed by atoms with Crippen LogP contribution in [0.5, 0.6) is 0 Å². The van der Waals surface area contributed by atoms with Crippen molar-refractivity contribution in [1.82, 2.24) is 10.2 Å². The molecule has 2 amide bonds. The predicted molar refractivity (Wildman–Crippen MR) is 76.2 cm³/mol. The first-order valence-electron chi connectivity index (χ1n) is 6.49. The summed E-state index contributed by atoms with van der Waals surface area (Å²) in [7, 11) is 0. The summed E-state index contributed by atoms with van der Waals surface area (Å²) in [5.74, 6) is -0.846. The van der Waals surface area contributed by atoms with Crippen LogP contribution in [0.3, 0.4) is 0 Å². The smallest absolute Gasteiger partial charge is 0.283 e. The third-order valence-electron chi connectivity index (χ3n) is 3.38. The van der Waals surface area contributed by atoms with Gasteiger partial charge >= 0.3 is 0 Å². The zero-order chi connectivity index (χ0) is 15.6. The Kier molecular flexibility index (Phi) is 4.42. The molecule has 0 aliphatic carbocycles. The molecule has 1 unspecified atom stereocenters. The molecule has 1 N–H and O–H groups in total. The van der Waals surface area contributed by atoms with E-state index in [0.29, 0.717) is 19.5 Å². The zero-order valence-electron chi connectivity index (χ0n) is 11.3. The molecule has 1 aliphatic heterocycles. The second kappa shape index (κ2) is 6.09. The van der Waals surface area contributed by atoms with Crippen LogP contribution in [0.4, 0.5) is 5.69 Å². The van der Waals surface area contributed by atoms with Crippen LogP contribution in [0.1, 0.15) is 23.7 Å². The van der Waals surface area contributed by atoms with E-state index in [-0.39, 0.29) is 22.2 Å². The van der Waals surface area contributed by atoms with Gasteiger partial charge in [-0.05, 0) is 12.5 Å². The van der Waals surface area contributed by atoms with E-state index in [1.54, 1.807) is 6.92 Å². The molecule has 21 heavy (non-hydrogen) atoms. The molecule has 1 aromatic rings. The molecule has 1 heterocycles. The number of rotatable bonds is 3. The van der Waals surface area contributed by atoms with Gasteiger partial charge in [0.2, 0.25) is 5.91 Å². The van der Waals surface area contributed by atoms with Crippen molar-refractivity contribution in [1.29, 1.82) is 0 Å². The maximum Gasteiger partial charge on any atom is 0.283 e. The van der Waals surface area contributed by atoms with Gasteiger partial charge in [-0.1, -0.05) is 24.6 Å². The van der Waals surface area contributed by atoms with Gasteiger partial charge in [0.1, 0.15) is 11.6 Å². The molecule has 1 fully saturated rings. The van der Waals surface area contributed by atoms with E-state index in [4.69, 9.17) is 11.6 Å². The summed E-state index contributed by atoms with van der Waals surface area (Å²) in [6.45, 7) is 2.39. The topological polar surface area (TPSA) is 92.6 Å². The fourth-order valence-corrected chi connectivity index (χ4v) is 2.63. The lowest BCUT2D eigenvalue weighted by Gasteiger charge is -2.34. The number of halogens is 1. The Hall–Kier alpha value is -2.15. The van der Waals surface area contributed by atoms with Crippen molar-refractivity contribution in [2.24, 2.45) is 0 Å². The number of benzene rings is 1. The lowest BCUT2D eigenvalue weighted by Crippen LogP contribution is -2.57. The fourth-order valence-electron chi connectivity index (χ4n) is 2.38. The van der Waals surface area contributed by atoms with Crippen molar-refractivity contribution >= 4 is 29.1 Å². The highest BCUT2D eigenvalue weighted by atomic mass is 35.5. The minimum Gasteiger partial charge on any atom is -0.353 e. The summed E-state index contributed by atoms with van der Waals surface area (Å²) in [4.78, 5) is 36.2. The molecule has 0 bridgehead atoms. The summed E-state index contributed by atoms with van der Waals surface area (Å²) in [6, 6.07) is 3.43. The van der Waals surface area contributed by atoms with Crippen molar-refractivity contribution in [3.05, 3.63) is 38.9 Å². The molecular weight excluding hydrogens is 298 g/mol. The second-order valence-electron chi connectivity index (χ2n) is 4.60. The van der Waals surface area contributed by atoms with E-state index >= 15 is 0 Å². The van der Waals surface area contributed by atoms with Gasteiger partial charge in [0.25, 0.3) is 11.6 Å². The Labute approximate surface area is 126 Å². The van der Waals surface area contributed by atoms with Crippen LogP contribution in [0.15, 0.2) is 18.2 Å². The van der Waals surface area contributed by atoms with Gasteiger partial charge in [-0.3, -0.25) is 19.7 Å². The van der Waals surface area contributed by atoms with E-state index in [0.717, 1.165) is 0 Å². The van der Waals surface area contributed by atoms with Crippen LogP contribution in [0, 0.1) is 10.1 Å². The quantitative estimate of drug-likeness (QED) is 0.678. The Balaban J connectivity index is 2.44. The van der Waals surface area contributed by atoms with E-state index in [2.05, 4.69) is 5.32 Å². The SMILES string of the molecule is CCC1C(=O)NCCN1C(=O)c1c(Cl)cccc1[N+](=O)[O-]. The number of hydrogen-bond donors (Lipinski definition) is 1. The van der Waals surface area contributed by atoms with Crippen LogP contribution >= 0.6 is 11.6 Å². The van der Waals surface area contributed by atoms with Crippen LogP contribution in [0.2, 0.25) is 5.02 Å². The van der Waals surface area contributed by atoms with Crippen LogP contribution in [0.25, 0.3) is 0 Å². The maximum absolute atomic E-state index is 12.6. The summed E-state index contributed by atoms with van der Waals surface area (Å²) in [5, 5.41) is 13.8. The maximum atomic E-state index is 12.6. The highest BCUT2D eigenvalue weighted by molar-refractivity contribution is 6.34. The number of nitrogens with zero attached hydrogens (tertiary/aromatic N) is 2. The molecule has 1 saturated heterocycles. The van der Waals surface area contributed by atoms with Crippen LogP contribution in [-0.4, -0.2) is 40.8 Å². The molecule has 8 heteroatoms. The number of amides is 2. The molecule has 0 radical (unpaired) electrons. The Bertz CT molecular complexity index is 605. The minimum absolute atomic E-state index is 0.00929. The zero-order valence-corrected chi connectivity index (χ0v) is 12.1. The van der Waals surface area contributed by atoms with Gasteiger partial charge in [-0.15, -0.1) is 0 Å². The van der Waals surface area contributed by atoms with Gasteiger partial charge in [-0.25, -0.2) is 0 Å². The standard InChI is InChI=1S/C13H14ClN3O4/c1-2-9-12(18)15-6-7-16(9)13(19)11-8(14)4-3-5-10(11)17(20)21/h3-5,9H,2,6-7H2,1H3,(H,15,18). The van der Waals surface area contributed by atoms with E-state index < -0.39 is 16.9 Å². The largest absolute Gasteiger partial charge is 0.353 e. The number of piperazine rings is 1. The van der Waals surface area contributed by atoms with Crippen molar-refractivity contribution in [3.63, 3.8) is 0 Å². The molecule has 1 aromatic carbocycles. The lowest BCUT2D eigenvalue weighted by atomic mass is 10.1. The summed E-state index contributed by atoms with van der Waals surface area (Å²) >= 11 is 5.96. The summed E-state index contributed by atoms with van der Waals surface area (Å²) in [5.41, 5.74) is -0.523. The molecule has 112 valence electrons. The fraction of sp³-hybridized carbons (Fsp3) is 0.385. The molecule has 1 atom stereocenters. The predicted octanol–water partition coefficient (Wildman–Crippen LogP) is 1.60. The number of carbonyl (C=O) groups excluding carboxylic acids is 2. The first kappa shape index (κ1) is 15.2. The average molecular weight is 312 g/mol. The van der Waals surface area contributed by atoms with Gasteiger partial charge in [0, 0.05) is 19.2 Å². The van der Waals surface area contributed by atoms with Crippen LogP contribution in [-0.2, 0) is 4.79 Å². The molecule has 1 aliphatic rings. The lowest BCUT2D eigenvalue weighted by molar-refractivity contribution is -0.385. The number of nitro benzene ring substituents is 1. The number of nitro groups is 1. The van der Waals surface area contributed by atoms with Gasteiger partial charge in [0.15, 0.2) is 0 Å². The van der Waals surface area contributed by atoms with Crippen LogP contribution < -0.4 is 5.32 Å². The number of nitrogens with one attached hydrogen (secondary N) is 1. The Morgan fingerprint density at radius 2 is 2.29 bits per heavy atom. The van der Waals surface area contributed by atoms with E-state index in [1.165, 1.54) is 23.1 Å². The summed E-state index contributed by atoms with van der Waals surface area (Å²) in [6.07, 6.45) is 0.426. The minimum atomic E-state index is -0.649. The van der Waals surface area contributed by atoms with Gasteiger partial charge in [-0.2, -0.15) is 0 Å². The average Bonchev–Trinajstić information content (AvgIpc) is 2.45. The molecule has 0 spiro atoms.